The van der Waals surface area contributed by atoms with Crippen molar-refractivity contribution in [3.63, 3.8) is 0 Å². The number of likely N-dealkylation sites (tertiary alicyclic amines) is 2. The van der Waals surface area contributed by atoms with Crippen LogP contribution in [0.4, 0.5) is 8.78 Å². The van der Waals surface area contributed by atoms with Crippen LogP contribution in [0.2, 0.25) is 0 Å². The number of alkyl halides is 2. The SMILES string of the molecule is Cc1cc(CN2CCC[C@@]3(CN(C(=O)c4ccoc4)CC(F)(F)C3)C2=O)n(C)n1. The molecule has 156 valence electrons. The fraction of sp³-hybridized carbons (Fsp3) is 0.550. The van der Waals surface area contributed by atoms with Crippen LogP contribution in [0.25, 0.3) is 0 Å². The van der Waals surface area contributed by atoms with Gasteiger partial charge in [-0.3, -0.25) is 14.3 Å². The van der Waals surface area contributed by atoms with Gasteiger partial charge in [0, 0.05) is 26.6 Å². The molecule has 2 aromatic heterocycles. The summed E-state index contributed by atoms with van der Waals surface area (Å²) in [6, 6.07) is 3.33. The summed E-state index contributed by atoms with van der Waals surface area (Å²) < 4.78 is 36.0. The van der Waals surface area contributed by atoms with Crippen LogP contribution in [0.5, 0.6) is 0 Å². The predicted octanol–water partition coefficient (Wildman–Crippen LogP) is 2.61. The van der Waals surface area contributed by atoms with Gasteiger partial charge >= 0.3 is 0 Å². The number of halogens is 2. The third-order valence-electron chi connectivity index (χ3n) is 5.84. The van der Waals surface area contributed by atoms with E-state index in [0.29, 0.717) is 25.9 Å². The van der Waals surface area contributed by atoms with Crippen molar-refractivity contribution < 1.29 is 22.8 Å². The van der Waals surface area contributed by atoms with E-state index in [4.69, 9.17) is 4.42 Å². The molecule has 2 aliphatic rings. The second kappa shape index (κ2) is 6.96. The highest BCUT2D eigenvalue weighted by molar-refractivity contribution is 5.95. The highest BCUT2D eigenvalue weighted by atomic mass is 19.3. The number of nitrogens with zero attached hydrogens (tertiary/aromatic N) is 4. The van der Waals surface area contributed by atoms with Gasteiger partial charge in [-0.15, -0.1) is 0 Å². The van der Waals surface area contributed by atoms with E-state index >= 15 is 0 Å². The standard InChI is InChI=1S/C20H24F2N4O3/c1-14-8-16(24(2)23-14)9-25-6-3-5-19(18(25)28)11-20(21,22)13-26(12-19)17(27)15-4-7-29-10-15/h4,7-8,10H,3,5-6,9,11-13H2,1-2H3/t19-/m1/s1. The minimum Gasteiger partial charge on any atom is -0.472 e. The Morgan fingerprint density at radius 2 is 2.14 bits per heavy atom. The molecule has 2 fully saturated rings. The number of hydrogen-bond acceptors (Lipinski definition) is 4. The van der Waals surface area contributed by atoms with Crippen LogP contribution < -0.4 is 0 Å². The zero-order chi connectivity index (χ0) is 20.8. The third-order valence-corrected chi connectivity index (χ3v) is 5.84. The average Bonchev–Trinajstić information content (AvgIpc) is 3.27. The Morgan fingerprint density at radius 1 is 1.34 bits per heavy atom. The van der Waals surface area contributed by atoms with E-state index in [-0.39, 0.29) is 18.0 Å². The molecule has 0 saturated carbocycles. The summed E-state index contributed by atoms with van der Waals surface area (Å²) in [6.45, 7) is 1.99. The van der Waals surface area contributed by atoms with Gasteiger partial charge in [-0.2, -0.15) is 5.10 Å². The van der Waals surface area contributed by atoms with Crippen LogP contribution in [-0.2, 0) is 18.4 Å². The first kappa shape index (κ1) is 19.6. The van der Waals surface area contributed by atoms with Gasteiger partial charge in [-0.25, -0.2) is 8.78 Å². The maximum Gasteiger partial charge on any atom is 0.266 e. The van der Waals surface area contributed by atoms with Crippen molar-refractivity contribution in [1.82, 2.24) is 19.6 Å². The van der Waals surface area contributed by atoms with E-state index in [0.717, 1.165) is 16.3 Å². The molecule has 2 saturated heterocycles. The second-order valence-electron chi connectivity index (χ2n) is 8.22. The van der Waals surface area contributed by atoms with Gasteiger partial charge in [0.25, 0.3) is 11.8 Å². The van der Waals surface area contributed by atoms with Gasteiger partial charge in [0.05, 0.1) is 41.7 Å². The molecule has 7 nitrogen and oxygen atoms in total. The van der Waals surface area contributed by atoms with Crippen LogP contribution in [0.15, 0.2) is 29.1 Å². The maximum atomic E-state index is 14.7. The second-order valence-corrected chi connectivity index (χ2v) is 8.22. The quantitative estimate of drug-likeness (QED) is 0.786. The number of furan rings is 1. The summed E-state index contributed by atoms with van der Waals surface area (Å²) in [5.41, 5.74) is 0.625. The molecule has 0 unspecified atom stereocenters. The highest BCUT2D eigenvalue weighted by Gasteiger charge is 2.56. The van der Waals surface area contributed by atoms with E-state index in [1.165, 1.54) is 18.6 Å². The van der Waals surface area contributed by atoms with Crippen molar-refractivity contribution in [2.45, 2.75) is 38.7 Å². The summed E-state index contributed by atoms with van der Waals surface area (Å²) >= 11 is 0. The highest BCUT2D eigenvalue weighted by Crippen LogP contribution is 2.45. The van der Waals surface area contributed by atoms with Crippen molar-refractivity contribution in [2.24, 2.45) is 12.5 Å². The summed E-state index contributed by atoms with van der Waals surface area (Å²) in [6.07, 6.45) is 2.99. The number of aromatic nitrogens is 2. The zero-order valence-electron chi connectivity index (χ0n) is 16.5. The molecule has 2 amide bonds. The molecule has 2 aromatic rings. The first-order valence-electron chi connectivity index (χ1n) is 9.67. The summed E-state index contributed by atoms with van der Waals surface area (Å²) in [5, 5.41) is 4.29. The van der Waals surface area contributed by atoms with Crippen LogP contribution in [0, 0.1) is 12.3 Å². The molecule has 29 heavy (non-hydrogen) atoms. The number of aryl methyl sites for hydroxylation is 2. The van der Waals surface area contributed by atoms with Gasteiger partial charge < -0.3 is 14.2 Å². The average molecular weight is 406 g/mol. The topological polar surface area (TPSA) is 71.6 Å². The molecule has 4 rings (SSSR count). The van der Waals surface area contributed by atoms with E-state index < -0.39 is 30.2 Å². The first-order chi connectivity index (χ1) is 13.7. The normalized spacial score (nSPS) is 24.3. The molecule has 0 aliphatic carbocycles. The Kier molecular flexibility index (Phi) is 4.71. The summed E-state index contributed by atoms with van der Waals surface area (Å²) in [5.74, 6) is -3.98. The fourth-order valence-electron chi connectivity index (χ4n) is 4.64. The molecule has 4 heterocycles. The number of carbonyl (C=O) groups excluding carboxylic acids is 2. The van der Waals surface area contributed by atoms with Gasteiger partial charge in [-0.1, -0.05) is 0 Å². The summed E-state index contributed by atoms with van der Waals surface area (Å²) in [4.78, 5) is 28.8. The van der Waals surface area contributed by atoms with E-state index in [1.807, 2.05) is 13.0 Å². The molecule has 9 heteroatoms. The lowest BCUT2D eigenvalue weighted by atomic mass is 9.71. The molecule has 0 radical (unpaired) electrons. The largest absolute Gasteiger partial charge is 0.472 e. The van der Waals surface area contributed by atoms with Crippen LogP contribution in [-0.4, -0.2) is 57.0 Å². The van der Waals surface area contributed by atoms with Crippen molar-refractivity contribution >= 4 is 11.8 Å². The van der Waals surface area contributed by atoms with Crippen LogP contribution in [0.3, 0.4) is 0 Å². The third kappa shape index (κ3) is 3.65. The smallest absolute Gasteiger partial charge is 0.266 e. The lowest BCUT2D eigenvalue weighted by Gasteiger charge is -2.49. The maximum absolute atomic E-state index is 14.7. The number of carbonyl (C=O) groups is 2. The Hall–Kier alpha value is -2.71. The Morgan fingerprint density at radius 3 is 2.79 bits per heavy atom. The van der Waals surface area contributed by atoms with Gasteiger partial charge in [0.15, 0.2) is 0 Å². The van der Waals surface area contributed by atoms with Crippen LogP contribution >= 0.6 is 0 Å². The number of amides is 2. The Bertz CT molecular complexity index is 924. The molecular formula is C20H24F2N4O3. The molecule has 1 spiro atoms. The minimum atomic E-state index is -3.13. The van der Waals surface area contributed by atoms with Gasteiger partial charge in [-0.05, 0) is 31.9 Å². The number of piperidine rings is 2. The molecule has 0 aromatic carbocycles. The monoisotopic (exact) mass is 406 g/mol. The Balaban J connectivity index is 1.59. The molecule has 0 N–H and O–H groups in total. The van der Waals surface area contributed by atoms with Crippen molar-refractivity contribution in [3.8, 4) is 0 Å². The van der Waals surface area contributed by atoms with E-state index in [1.54, 1.807) is 16.6 Å². The van der Waals surface area contributed by atoms with Crippen molar-refractivity contribution in [2.75, 3.05) is 19.6 Å². The minimum absolute atomic E-state index is 0.00759. The van der Waals surface area contributed by atoms with Crippen molar-refractivity contribution in [1.29, 1.82) is 0 Å². The lowest BCUT2D eigenvalue weighted by Crippen LogP contribution is -2.61. The molecule has 2 aliphatic heterocycles. The molecule has 0 bridgehead atoms. The van der Waals surface area contributed by atoms with E-state index in [9.17, 15) is 18.4 Å². The number of rotatable bonds is 3. The van der Waals surface area contributed by atoms with Crippen molar-refractivity contribution in [3.05, 3.63) is 41.6 Å². The number of hydrogen-bond donors (Lipinski definition) is 0. The summed E-state index contributed by atoms with van der Waals surface area (Å²) in [7, 11) is 1.80. The Labute approximate surface area is 167 Å². The van der Waals surface area contributed by atoms with Gasteiger partial charge in [0.2, 0.25) is 5.91 Å². The molecular weight excluding hydrogens is 382 g/mol. The molecule has 1 atom stereocenters. The first-order valence-corrected chi connectivity index (χ1v) is 9.67. The zero-order valence-corrected chi connectivity index (χ0v) is 16.5. The lowest BCUT2D eigenvalue weighted by molar-refractivity contribution is -0.166. The fourth-order valence-corrected chi connectivity index (χ4v) is 4.64. The van der Waals surface area contributed by atoms with Gasteiger partial charge in [0.1, 0.15) is 6.26 Å². The predicted molar refractivity (Wildman–Crippen MR) is 99.2 cm³/mol. The van der Waals surface area contributed by atoms with Crippen LogP contribution in [0.1, 0.15) is 41.0 Å². The van der Waals surface area contributed by atoms with E-state index in [2.05, 4.69) is 5.10 Å².